The molecule has 3 aromatic rings. The molecule has 35 heavy (non-hydrogen) atoms. The average Bonchev–Trinajstić information content (AvgIpc) is 2.91. The van der Waals surface area contributed by atoms with Gasteiger partial charge in [0.05, 0.1) is 6.61 Å². The van der Waals surface area contributed by atoms with Crippen LogP contribution in [-0.2, 0) is 31.1 Å². The molecule has 0 bridgehead atoms. The van der Waals surface area contributed by atoms with E-state index in [0.717, 1.165) is 13.0 Å². The third kappa shape index (κ3) is 12.5. The van der Waals surface area contributed by atoms with Gasteiger partial charge in [-0.2, -0.15) is 0 Å². The maximum absolute atomic E-state index is 7.50. The molecule has 4 rings (SSSR count). The van der Waals surface area contributed by atoms with Gasteiger partial charge in [0, 0.05) is 30.1 Å². The fourth-order valence-electron chi connectivity index (χ4n) is 3.28. The van der Waals surface area contributed by atoms with E-state index in [2.05, 4.69) is 129 Å². The van der Waals surface area contributed by atoms with Gasteiger partial charge in [0.1, 0.15) is 0 Å². The van der Waals surface area contributed by atoms with Gasteiger partial charge in [-0.3, -0.25) is 0 Å². The molecule has 5 heteroatoms. The predicted octanol–water partition coefficient (Wildman–Crippen LogP) is 5.69. The molecule has 0 N–H and O–H groups in total. The first-order valence-electron chi connectivity index (χ1n) is 10.7. The van der Waals surface area contributed by atoms with E-state index in [1.807, 2.05) is 12.2 Å². The Morgan fingerprint density at radius 1 is 0.686 bits per heavy atom. The third-order valence-electron chi connectivity index (χ3n) is 4.72. The van der Waals surface area contributed by atoms with E-state index in [9.17, 15) is 0 Å². The van der Waals surface area contributed by atoms with Crippen LogP contribution in [-0.4, -0.2) is 13.7 Å². The Morgan fingerprint density at radius 3 is 1.49 bits per heavy atom. The van der Waals surface area contributed by atoms with Crippen molar-refractivity contribution >= 4 is 23.8 Å². The van der Waals surface area contributed by atoms with Crippen molar-refractivity contribution in [3.63, 3.8) is 0 Å². The monoisotopic (exact) mass is 524 g/mol. The molecular weight excluding hydrogens is 495 g/mol. The Bertz CT molecular complexity index is 930. The summed E-state index contributed by atoms with van der Waals surface area (Å²) in [4.78, 5) is 0. The minimum absolute atomic E-state index is 0. The summed E-state index contributed by atoms with van der Waals surface area (Å²) in [5.74, 6) is 0.543. The summed E-state index contributed by atoms with van der Waals surface area (Å²) in [5, 5.41) is 4.19. The summed E-state index contributed by atoms with van der Waals surface area (Å²) in [5.41, 5.74) is 0. The second-order valence-electron chi connectivity index (χ2n) is 6.99. The summed E-state index contributed by atoms with van der Waals surface area (Å²) in [7, 11) is 1.30. The number of methoxy groups -OCH3 is 1. The number of hydrogen-bond acceptors (Lipinski definition) is 1. The van der Waals surface area contributed by atoms with Crippen LogP contribution in [0.2, 0.25) is 0 Å². The topological polar surface area (TPSA) is 49.0 Å². The Labute approximate surface area is 221 Å². The quantitative estimate of drug-likeness (QED) is 0.183. The van der Waals surface area contributed by atoms with Crippen LogP contribution < -0.4 is 15.9 Å². The fraction of sp³-hybridized carbons (Fsp3) is 0.133. The van der Waals surface area contributed by atoms with E-state index in [4.69, 9.17) is 14.0 Å². The fourth-order valence-corrected chi connectivity index (χ4v) is 5.58. The smallest absolute Gasteiger partial charge is 0 e. The van der Waals surface area contributed by atoms with Crippen LogP contribution in [0.3, 0.4) is 0 Å². The largest absolute Gasteiger partial charge is 0.0622 e. The molecule has 3 aromatic carbocycles. The molecule has 3 nitrogen and oxygen atoms in total. The maximum atomic E-state index is 7.50. The van der Waals surface area contributed by atoms with Crippen LogP contribution in [0.25, 0.3) is 0 Å². The van der Waals surface area contributed by atoms with Crippen molar-refractivity contribution < 1.29 is 31.1 Å². The number of benzene rings is 3. The van der Waals surface area contributed by atoms with E-state index in [-0.39, 0.29) is 17.1 Å². The summed E-state index contributed by atoms with van der Waals surface area (Å²) in [6.07, 6.45) is 13.7. The van der Waals surface area contributed by atoms with Crippen molar-refractivity contribution in [2.75, 3.05) is 13.7 Å². The Morgan fingerprint density at radius 2 is 1.09 bits per heavy atom. The van der Waals surface area contributed by atoms with Gasteiger partial charge in [-0.15, -0.1) is 0 Å². The van der Waals surface area contributed by atoms with Gasteiger partial charge in [0.2, 0.25) is 0 Å². The van der Waals surface area contributed by atoms with Gasteiger partial charge in [-0.25, -0.2) is 0 Å². The Balaban J connectivity index is 0.000000623. The molecule has 0 radical (unpaired) electrons. The molecule has 1 aliphatic rings. The van der Waals surface area contributed by atoms with Crippen LogP contribution in [0.5, 0.6) is 0 Å². The zero-order valence-electron chi connectivity index (χ0n) is 19.6. The van der Waals surface area contributed by atoms with E-state index in [0.29, 0.717) is 5.92 Å². The van der Waals surface area contributed by atoms with Crippen LogP contribution >= 0.6 is 7.92 Å². The Hall–Kier alpha value is -2.73. The summed E-state index contributed by atoms with van der Waals surface area (Å²) < 4.78 is 20.1. The maximum Gasteiger partial charge on any atom is 0 e. The molecule has 0 amide bonds. The second-order valence-corrected chi connectivity index (χ2v) is 9.21. The molecule has 0 saturated heterocycles. The molecular formula is C30H29FeO3P. The molecule has 1 atom stereocenters. The van der Waals surface area contributed by atoms with Gasteiger partial charge >= 0.3 is 22.6 Å². The van der Waals surface area contributed by atoms with Gasteiger partial charge in [0.15, 0.2) is 0 Å². The minimum Gasteiger partial charge on any atom is -0.0622 e. The predicted molar refractivity (Wildman–Crippen MR) is 140 cm³/mol. The zero-order chi connectivity index (χ0) is 24.9. The van der Waals surface area contributed by atoms with Crippen molar-refractivity contribution in [3.05, 3.63) is 141 Å². The van der Waals surface area contributed by atoms with Crippen LogP contribution in [0.15, 0.2) is 127 Å². The van der Waals surface area contributed by atoms with Gasteiger partial charge in [0.25, 0.3) is 0 Å². The van der Waals surface area contributed by atoms with E-state index >= 15 is 0 Å². The van der Waals surface area contributed by atoms with Crippen molar-refractivity contribution in [3.8, 4) is 0 Å². The molecule has 1 aliphatic carbocycles. The normalized spacial score (nSPS) is 15.9. The summed E-state index contributed by atoms with van der Waals surface area (Å²) in [6.45, 7) is 9.81. The SMILES string of the molecule is COCC1\C=C/C=C\C=C/C1.[C-]#[O+].[C-]#[O+].[Fe].c1ccc(P(c2ccccc2)c2ccccc2)cc1. The van der Waals surface area contributed by atoms with Gasteiger partial charge in [-0.1, -0.05) is 127 Å². The summed E-state index contributed by atoms with van der Waals surface area (Å²) >= 11 is 0. The van der Waals surface area contributed by atoms with Gasteiger partial charge < -0.3 is 4.74 Å². The second kappa shape index (κ2) is 21.8. The van der Waals surface area contributed by atoms with Crippen LogP contribution in [0.1, 0.15) is 6.42 Å². The van der Waals surface area contributed by atoms with Gasteiger partial charge in [-0.05, 0) is 30.3 Å². The molecule has 180 valence electrons. The molecule has 0 aliphatic heterocycles. The number of rotatable bonds is 5. The van der Waals surface area contributed by atoms with Crippen LogP contribution in [0.4, 0.5) is 0 Å². The van der Waals surface area contributed by atoms with Crippen LogP contribution in [0, 0.1) is 19.2 Å². The molecule has 0 spiro atoms. The first kappa shape index (κ1) is 32.3. The van der Waals surface area contributed by atoms with Crippen molar-refractivity contribution in [1.82, 2.24) is 0 Å². The molecule has 1 unspecified atom stereocenters. The number of allylic oxidation sites excluding steroid dienone is 5. The standard InChI is InChI=1S/C18H15P.C10H14O.2CO.Fe/c1-4-10-16(11-5-1)19(17-12-6-2-7-13-17)18-14-8-3-9-15-18;1-11-9-10-7-5-3-2-4-6-8-10;2*1-2;/h1-15H;2-7,10H,8-9H2,1H3;;;/b;3-2-,6-4-,7-5-;;;. The molecule has 0 heterocycles. The third-order valence-corrected chi connectivity index (χ3v) is 7.16. The van der Waals surface area contributed by atoms with E-state index in [1.54, 1.807) is 7.11 Å². The first-order valence-corrected chi connectivity index (χ1v) is 12.1. The first-order chi connectivity index (χ1) is 16.9. The van der Waals surface area contributed by atoms with Crippen molar-refractivity contribution in [2.45, 2.75) is 6.42 Å². The van der Waals surface area contributed by atoms with Crippen molar-refractivity contribution in [1.29, 1.82) is 0 Å². The average molecular weight is 524 g/mol. The Kier molecular flexibility index (Phi) is 20.1. The van der Waals surface area contributed by atoms with E-state index in [1.165, 1.54) is 15.9 Å². The molecule has 0 fully saturated rings. The molecule has 0 saturated carbocycles. The summed E-state index contributed by atoms with van der Waals surface area (Å²) in [6, 6.07) is 32.3. The number of hydrogen-bond donors (Lipinski definition) is 0. The molecule has 0 aromatic heterocycles. The zero-order valence-corrected chi connectivity index (χ0v) is 21.6. The minimum atomic E-state index is -0.446. The van der Waals surface area contributed by atoms with E-state index < -0.39 is 7.92 Å². The number of ether oxygens (including phenoxy) is 1. The van der Waals surface area contributed by atoms with Crippen molar-refractivity contribution in [2.24, 2.45) is 5.92 Å².